The lowest BCUT2D eigenvalue weighted by Gasteiger charge is -2.36. The topological polar surface area (TPSA) is 33.2 Å². The van der Waals surface area contributed by atoms with Gasteiger partial charge in [-0.2, -0.15) is 0 Å². The minimum absolute atomic E-state index is 0.235. The molecule has 1 atom stereocenters. The summed E-state index contributed by atoms with van der Waals surface area (Å²) in [5.74, 6) is 0.715. The molecule has 0 aliphatic carbocycles. The van der Waals surface area contributed by atoms with Crippen LogP contribution in [-0.2, 0) is 4.79 Å². The Morgan fingerprint density at radius 1 is 1.50 bits per heavy atom. The van der Waals surface area contributed by atoms with Gasteiger partial charge >= 0.3 is 0 Å². The van der Waals surface area contributed by atoms with Gasteiger partial charge in [-0.05, 0) is 36.8 Å². The van der Waals surface area contributed by atoms with E-state index in [0.717, 1.165) is 19.4 Å². The third kappa shape index (κ3) is 3.09. The largest absolute Gasteiger partial charge is 0.336 e. The van der Waals surface area contributed by atoms with E-state index in [2.05, 4.69) is 29.8 Å². The molecule has 0 spiro atoms. The predicted molar refractivity (Wildman–Crippen MR) is 72.0 cm³/mol. The van der Waals surface area contributed by atoms with E-state index in [9.17, 15) is 4.79 Å². The van der Waals surface area contributed by atoms with Crippen LogP contribution in [0.25, 0.3) is 0 Å². The van der Waals surface area contributed by atoms with Gasteiger partial charge in [-0.25, -0.2) is 0 Å². The maximum absolute atomic E-state index is 12.3. The molecule has 3 nitrogen and oxygen atoms in total. The van der Waals surface area contributed by atoms with E-state index in [-0.39, 0.29) is 6.04 Å². The summed E-state index contributed by atoms with van der Waals surface area (Å²) in [7, 11) is 0. The van der Waals surface area contributed by atoms with Crippen molar-refractivity contribution in [1.29, 1.82) is 0 Å². The highest BCUT2D eigenvalue weighted by Crippen LogP contribution is 2.31. The van der Waals surface area contributed by atoms with Crippen LogP contribution in [0.15, 0.2) is 24.5 Å². The van der Waals surface area contributed by atoms with Gasteiger partial charge in [0.1, 0.15) is 0 Å². The maximum Gasteiger partial charge on any atom is 0.223 e. The van der Waals surface area contributed by atoms with Gasteiger partial charge in [0.25, 0.3) is 0 Å². The highest BCUT2D eigenvalue weighted by molar-refractivity contribution is 5.77. The molecule has 98 valence electrons. The summed E-state index contributed by atoms with van der Waals surface area (Å²) in [5.41, 5.74) is 1.18. The van der Waals surface area contributed by atoms with Crippen LogP contribution in [0.5, 0.6) is 0 Å². The molecule has 3 heteroatoms. The Hall–Kier alpha value is -1.38. The zero-order valence-electron chi connectivity index (χ0n) is 11.3. The first-order chi connectivity index (χ1) is 8.68. The fraction of sp³-hybridized carbons (Fsp3) is 0.600. The van der Waals surface area contributed by atoms with Gasteiger partial charge < -0.3 is 4.90 Å². The Labute approximate surface area is 109 Å². The summed E-state index contributed by atoms with van der Waals surface area (Å²) in [6.07, 6.45) is 7.72. The van der Waals surface area contributed by atoms with Crippen LogP contribution in [-0.4, -0.2) is 22.3 Å². The number of carbonyl (C=O) groups excluding carboxylic acids is 1. The van der Waals surface area contributed by atoms with E-state index >= 15 is 0 Å². The van der Waals surface area contributed by atoms with Crippen molar-refractivity contribution in [3.63, 3.8) is 0 Å². The second kappa shape index (κ2) is 5.98. The van der Waals surface area contributed by atoms with Crippen LogP contribution >= 0.6 is 0 Å². The summed E-state index contributed by atoms with van der Waals surface area (Å²) < 4.78 is 0. The minimum Gasteiger partial charge on any atom is -0.336 e. The molecule has 1 aromatic rings. The molecule has 1 aromatic heterocycles. The van der Waals surface area contributed by atoms with E-state index in [0.29, 0.717) is 18.2 Å². The molecule has 1 amide bonds. The standard InChI is InChI=1S/C15H22N2O/c1-12(2)10-15(18)17-9-4-3-7-14(17)13-6-5-8-16-11-13/h5-6,8,11-12,14H,3-4,7,9-10H2,1-2H3. The quantitative estimate of drug-likeness (QED) is 0.820. The van der Waals surface area contributed by atoms with Crippen molar-refractivity contribution < 1.29 is 4.79 Å². The molecule has 0 radical (unpaired) electrons. The average Bonchev–Trinajstić information content (AvgIpc) is 2.39. The molecule has 1 fully saturated rings. The van der Waals surface area contributed by atoms with E-state index in [4.69, 9.17) is 0 Å². The van der Waals surface area contributed by atoms with Crippen LogP contribution in [0.2, 0.25) is 0 Å². The van der Waals surface area contributed by atoms with E-state index in [1.165, 1.54) is 12.0 Å². The van der Waals surface area contributed by atoms with Crippen LogP contribution < -0.4 is 0 Å². The molecule has 0 aromatic carbocycles. The first-order valence-corrected chi connectivity index (χ1v) is 6.88. The number of pyridine rings is 1. The van der Waals surface area contributed by atoms with Gasteiger partial charge in [0.05, 0.1) is 6.04 Å². The number of carbonyl (C=O) groups is 1. The minimum atomic E-state index is 0.235. The van der Waals surface area contributed by atoms with Crippen molar-refractivity contribution >= 4 is 5.91 Å². The van der Waals surface area contributed by atoms with Crippen molar-refractivity contribution in [2.45, 2.75) is 45.6 Å². The zero-order valence-corrected chi connectivity index (χ0v) is 11.3. The summed E-state index contributed by atoms with van der Waals surface area (Å²) in [5, 5.41) is 0. The van der Waals surface area contributed by atoms with Gasteiger partial charge in [-0.1, -0.05) is 19.9 Å². The van der Waals surface area contributed by atoms with Crippen molar-refractivity contribution in [1.82, 2.24) is 9.88 Å². The number of hydrogen-bond donors (Lipinski definition) is 0. The number of hydrogen-bond acceptors (Lipinski definition) is 2. The van der Waals surface area contributed by atoms with Gasteiger partial charge in [0.15, 0.2) is 0 Å². The first-order valence-electron chi connectivity index (χ1n) is 6.88. The second-order valence-corrected chi connectivity index (χ2v) is 5.48. The Kier molecular flexibility index (Phi) is 4.34. The Morgan fingerprint density at radius 3 is 3.00 bits per heavy atom. The molecular weight excluding hydrogens is 224 g/mol. The molecule has 2 heterocycles. The molecule has 1 aliphatic rings. The molecule has 1 aliphatic heterocycles. The smallest absolute Gasteiger partial charge is 0.223 e. The van der Waals surface area contributed by atoms with Crippen LogP contribution in [0.1, 0.15) is 51.1 Å². The number of rotatable bonds is 3. The summed E-state index contributed by atoms with van der Waals surface area (Å²) in [6.45, 7) is 5.09. The third-order valence-corrected chi connectivity index (χ3v) is 3.48. The Morgan fingerprint density at radius 2 is 2.33 bits per heavy atom. The van der Waals surface area contributed by atoms with Crippen molar-refractivity contribution in [3.8, 4) is 0 Å². The number of nitrogens with zero attached hydrogens (tertiary/aromatic N) is 2. The number of aromatic nitrogens is 1. The lowest BCUT2D eigenvalue weighted by molar-refractivity contribution is -0.135. The molecule has 0 bridgehead atoms. The SMILES string of the molecule is CC(C)CC(=O)N1CCCCC1c1cccnc1. The van der Waals surface area contributed by atoms with Gasteiger partial charge in [0, 0.05) is 25.4 Å². The molecule has 18 heavy (non-hydrogen) atoms. The molecule has 0 saturated carbocycles. The van der Waals surface area contributed by atoms with Crippen molar-refractivity contribution in [2.75, 3.05) is 6.54 Å². The third-order valence-electron chi connectivity index (χ3n) is 3.48. The van der Waals surface area contributed by atoms with Crippen LogP contribution in [0.3, 0.4) is 0 Å². The van der Waals surface area contributed by atoms with Crippen LogP contribution in [0.4, 0.5) is 0 Å². The lowest BCUT2D eigenvalue weighted by atomic mass is 9.95. The normalized spacial score (nSPS) is 20.2. The second-order valence-electron chi connectivity index (χ2n) is 5.48. The van der Waals surface area contributed by atoms with Crippen LogP contribution in [0, 0.1) is 5.92 Å². The highest BCUT2D eigenvalue weighted by atomic mass is 16.2. The van der Waals surface area contributed by atoms with E-state index in [1.807, 2.05) is 12.3 Å². The Bertz CT molecular complexity index is 389. The van der Waals surface area contributed by atoms with Gasteiger partial charge in [0.2, 0.25) is 5.91 Å². The molecule has 1 saturated heterocycles. The fourth-order valence-corrected chi connectivity index (χ4v) is 2.62. The summed E-state index contributed by atoms with van der Waals surface area (Å²) in [6, 6.07) is 4.27. The zero-order chi connectivity index (χ0) is 13.0. The van der Waals surface area contributed by atoms with Gasteiger partial charge in [-0.15, -0.1) is 0 Å². The molecular formula is C15H22N2O. The molecule has 0 N–H and O–H groups in total. The molecule has 2 rings (SSSR count). The van der Waals surface area contributed by atoms with Gasteiger partial charge in [-0.3, -0.25) is 9.78 Å². The molecule has 1 unspecified atom stereocenters. The number of piperidine rings is 1. The maximum atomic E-state index is 12.3. The number of amides is 1. The monoisotopic (exact) mass is 246 g/mol. The van der Waals surface area contributed by atoms with Crippen molar-refractivity contribution in [3.05, 3.63) is 30.1 Å². The van der Waals surface area contributed by atoms with E-state index < -0.39 is 0 Å². The summed E-state index contributed by atoms with van der Waals surface area (Å²) in [4.78, 5) is 18.5. The fourth-order valence-electron chi connectivity index (χ4n) is 2.62. The lowest BCUT2D eigenvalue weighted by Crippen LogP contribution is -2.39. The van der Waals surface area contributed by atoms with E-state index in [1.54, 1.807) is 6.20 Å². The van der Waals surface area contributed by atoms with Crippen molar-refractivity contribution in [2.24, 2.45) is 5.92 Å². The Balaban J connectivity index is 2.13. The number of likely N-dealkylation sites (tertiary alicyclic amines) is 1. The highest BCUT2D eigenvalue weighted by Gasteiger charge is 2.27. The summed E-state index contributed by atoms with van der Waals surface area (Å²) >= 11 is 0. The first kappa shape index (κ1) is 13.1. The predicted octanol–water partition coefficient (Wildman–Crippen LogP) is 3.18. The average molecular weight is 246 g/mol.